The van der Waals surface area contributed by atoms with Gasteiger partial charge in [-0.05, 0) is 49.9 Å². The SMILES string of the molecule is Cc1ccc(N(CCC#N)C(=O)CN2CCC[C@H]2c2cccs2)cc1. The lowest BCUT2D eigenvalue weighted by molar-refractivity contribution is -0.120. The molecule has 1 aliphatic rings. The van der Waals surface area contributed by atoms with Gasteiger partial charge in [-0.3, -0.25) is 9.69 Å². The largest absolute Gasteiger partial charge is 0.310 e. The molecule has 25 heavy (non-hydrogen) atoms. The molecule has 2 heterocycles. The number of aryl methyl sites for hydroxylation is 1. The standard InChI is InChI=1S/C20H23N3OS/c1-16-7-9-17(10-8-16)23(13-4-11-21)20(24)15-22-12-2-5-18(22)19-6-3-14-25-19/h3,6-10,14,18H,2,4-5,12-13,15H2,1H3/t18-/m0/s1. The molecule has 1 aromatic carbocycles. The van der Waals surface area contributed by atoms with E-state index in [1.54, 1.807) is 16.2 Å². The minimum absolute atomic E-state index is 0.0718. The van der Waals surface area contributed by atoms with Gasteiger partial charge in [0.25, 0.3) is 0 Å². The number of nitrogens with zero attached hydrogens (tertiary/aromatic N) is 3. The van der Waals surface area contributed by atoms with E-state index in [1.165, 1.54) is 4.88 Å². The zero-order valence-corrected chi connectivity index (χ0v) is 15.3. The van der Waals surface area contributed by atoms with Gasteiger partial charge < -0.3 is 4.90 Å². The summed E-state index contributed by atoms with van der Waals surface area (Å²) in [6.45, 7) is 3.83. The average molecular weight is 353 g/mol. The van der Waals surface area contributed by atoms with E-state index in [-0.39, 0.29) is 5.91 Å². The van der Waals surface area contributed by atoms with Crippen molar-refractivity contribution in [1.29, 1.82) is 5.26 Å². The normalized spacial score (nSPS) is 17.4. The van der Waals surface area contributed by atoms with Crippen molar-refractivity contribution in [3.8, 4) is 6.07 Å². The molecule has 0 unspecified atom stereocenters. The molecule has 5 heteroatoms. The first-order chi connectivity index (χ1) is 12.2. The Hall–Kier alpha value is -2.16. The molecule has 3 rings (SSSR count). The van der Waals surface area contributed by atoms with E-state index in [9.17, 15) is 4.79 Å². The van der Waals surface area contributed by atoms with Crippen LogP contribution < -0.4 is 4.90 Å². The second-order valence-electron chi connectivity index (χ2n) is 6.43. The second-order valence-corrected chi connectivity index (χ2v) is 7.41. The van der Waals surface area contributed by atoms with Crippen LogP contribution in [0.25, 0.3) is 0 Å². The van der Waals surface area contributed by atoms with Crippen LogP contribution >= 0.6 is 11.3 Å². The van der Waals surface area contributed by atoms with E-state index in [4.69, 9.17) is 5.26 Å². The van der Waals surface area contributed by atoms with Crippen LogP contribution in [0.2, 0.25) is 0 Å². The summed E-state index contributed by atoms with van der Waals surface area (Å²) < 4.78 is 0. The Kier molecular flexibility index (Phi) is 5.85. The van der Waals surface area contributed by atoms with E-state index in [1.807, 2.05) is 31.2 Å². The van der Waals surface area contributed by atoms with Gasteiger partial charge in [0, 0.05) is 23.2 Å². The molecule has 0 spiro atoms. The molecule has 0 N–H and O–H groups in total. The molecule has 0 bridgehead atoms. The summed E-state index contributed by atoms with van der Waals surface area (Å²) in [5, 5.41) is 11.0. The van der Waals surface area contributed by atoms with E-state index >= 15 is 0 Å². The van der Waals surface area contributed by atoms with Crippen LogP contribution in [0.5, 0.6) is 0 Å². The quantitative estimate of drug-likeness (QED) is 0.784. The number of hydrogen-bond donors (Lipinski definition) is 0. The van der Waals surface area contributed by atoms with Gasteiger partial charge in [0.05, 0.1) is 19.0 Å². The van der Waals surface area contributed by atoms with Gasteiger partial charge in [-0.25, -0.2) is 0 Å². The highest BCUT2D eigenvalue weighted by Crippen LogP contribution is 2.34. The van der Waals surface area contributed by atoms with Crippen LogP contribution in [0, 0.1) is 18.3 Å². The number of carbonyl (C=O) groups is 1. The van der Waals surface area contributed by atoms with Gasteiger partial charge in [0.1, 0.15) is 0 Å². The van der Waals surface area contributed by atoms with Crippen LogP contribution in [0.15, 0.2) is 41.8 Å². The fourth-order valence-corrected chi connectivity index (χ4v) is 4.26. The number of anilines is 1. The minimum Gasteiger partial charge on any atom is -0.310 e. The minimum atomic E-state index is 0.0718. The van der Waals surface area contributed by atoms with Gasteiger partial charge in [0.15, 0.2) is 0 Å². The lowest BCUT2D eigenvalue weighted by Gasteiger charge is -2.28. The van der Waals surface area contributed by atoms with Crippen molar-refractivity contribution < 1.29 is 4.79 Å². The van der Waals surface area contributed by atoms with Crippen molar-refractivity contribution in [1.82, 2.24) is 4.90 Å². The fourth-order valence-electron chi connectivity index (χ4n) is 3.36. The highest BCUT2D eigenvalue weighted by molar-refractivity contribution is 7.10. The molecule has 0 radical (unpaired) electrons. The molecule has 0 saturated carbocycles. The zero-order chi connectivity index (χ0) is 17.6. The Bertz CT molecular complexity index is 733. The van der Waals surface area contributed by atoms with E-state index in [2.05, 4.69) is 28.5 Å². The lowest BCUT2D eigenvalue weighted by atomic mass is 10.2. The third kappa shape index (κ3) is 4.28. The van der Waals surface area contributed by atoms with E-state index in [0.717, 1.165) is 30.6 Å². The van der Waals surface area contributed by atoms with Crippen LogP contribution in [-0.4, -0.2) is 30.4 Å². The van der Waals surface area contributed by atoms with Crippen LogP contribution in [0.4, 0.5) is 5.69 Å². The monoisotopic (exact) mass is 353 g/mol. The third-order valence-corrected chi connectivity index (χ3v) is 5.64. The Morgan fingerprint density at radius 2 is 2.16 bits per heavy atom. The summed E-state index contributed by atoms with van der Waals surface area (Å²) in [5.41, 5.74) is 2.03. The lowest BCUT2D eigenvalue weighted by Crippen LogP contribution is -2.40. The molecular weight excluding hydrogens is 330 g/mol. The maximum absolute atomic E-state index is 13.0. The van der Waals surface area contributed by atoms with Gasteiger partial charge in [0.2, 0.25) is 5.91 Å². The Morgan fingerprint density at radius 3 is 2.84 bits per heavy atom. The van der Waals surface area contributed by atoms with E-state index < -0.39 is 0 Å². The van der Waals surface area contributed by atoms with Gasteiger partial charge in [-0.2, -0.15) is 5.26 Å². The maximum Gasteiger partial charge on any atom is 0.241 e. The van der Waals surface area contributed by atoms with Crippen molar-refractivity contribution in [3.63, 3.8) is 0 Å². The first-order valence-electron chi connectivity index (χ1n) is 8.70. The van der Waals surface area contributed by atoms with Crippen LogP contribution in [0.1, 0.15) is 35.7 Å². The Balaban J connectivity index is 1.73. The van der Waals surface area contributed by atoms with Gasteiger partial charge in [-0.15, -0.1) is 11.3 Å². The summed E-state index contributed by atoms with van der Waals surface area (Å²) in [6.07, 6.45) is 2.57. The number of likely N-dealkylation sites (tertiary alicyclic amines) is 1. The summed E-state index contributed by atoms with van der Waals surface area (Å²) in [6, 6.07) is 14.7. The van der Waals surface area contributed by atoms with Crippen molar-refractivity contribution >= 4 is 22.9 Å². The smallest absolute Gasteiger partial charge is 0.241 e. The third-order valence-electron chi connectivity index (χ3n) is 4.67. The molecule has 1 amide bonds. The predicted molar refractivity (Wildman–Crippen MR) is 102 cm³/mol. The number of benzene rings is 1. The number of thiophene rings is 1. The summed E-state index contributed by atoms with van der Waals surface area (Å²) >= 11 is 1.76. The molecule has 0 aliphatic carbocycles. The number of hydrogen-bond acceptors (Lipinski definition) is 4. The Morgan fingerprint density at radius 1 is 1.36 bits per heavy atom. The van der Waals surface area contributed by atoms with Crippen LogP contribution in [-0.2, 0) is 4.79 Å². The summed E-state index contributed by atoms with van der Waals surface area (Å²) in [5.74, 6) is 0.0718. The van der Waals surface area contributed by atoms with Crippen molar-refractivity contribution in [2.75, 3.05) is 24.5 Å². The van der Waals surface area contributed by atoms with E-state index in [0.29, 0.717) is 25.6 Å². The van der Waals surface area contributed by atoms with Gasteiger partial charge in [-0.1, -0.05) is 23.8 Å². The fraction of sp³-hybridized carbons (Fsp3) is 0.400. The molecule has 1 fully saturated rings. The number of rotatable bonds is 6. The molecule has 4 nitrogen and oxygen atoms in total. The number of nitriles is 1. The summed E-state index contributed by atoms with van der Waals surface area (Å²) in [4.78, 5) is 18.4. The van der Waals surface area contributed by atoms with Crippen molar-refractivity contribution in [3.05, 3.63) is 52.2 Å². The predicted octanol–water partition coefficient (Wildman–Crippen LogP) is 4.14. The summed E-state index contributed by atoms with van der Waals surface area (Å²) in [7, 11) is 0. The van der Waals surface area contributed by atoms with Crippen molar-refractivity contribution in [2.45, 2.75) is 32.2 Å². The highest BCUT2D eigenvalue weighted by atomic mass is 32.1. The topological polar surface area (TPSA) is 47.3 Å². The maximum atomic E-state index is 13.0. The molecule has 1 atom stereocenters. The molecule has 130 valence electrons. The molecule has 2 aromatic rings. The Labute approximate surface area is 153 Å². The first-order valence-corrected chi connectivity index (χ1v) is 9.58. The second kappa shape index (κ2) is 8.28. The van der Waals surface area contributed by atoms with Gasteiger partial charge >= 0.3 is 0 Å². The molecule has 1 saturated heterocycles. The first kappa shape index (κ1) is 17.7. The zero-order valence-electron chi connectivity index (χ0n) is 14.5. The number of amides is 1. The van der Waals surface area contributed by atoms with Crippen LogP contribution in [0.3, 0.4) is 0 Å². The average Bonchev–Trinajstić information content (AvgIpc) is 3.28. The highest BCUT2D eigenvalue weighted by Gasteiger charge is 2.29. The van der Waals surface area contributed by atoms with Crippen molar-refractivity contribution in [2.24, 2.45) is 0 Å². The molecular formula is C20H23N3OS. The molecule has 1 aromatic heterocycles. The number of carbonyl (C=O) groups excluding carboxylic acids is 1. The molecule has 1 aliphatic heterocycles.